The summed E-state index contributed by atoms with van der Waals surface area (Å²) in [4.78, 5) is 17.1. The number of nitrogens with one attached hydrogen (secondary N) is 2. The number of aromatic nitrogens is 1. The van der Waals surface area contributed by atoms with Crippen LogP contribution in [0, 0.1) is 0 Å². The molecule has 0 unspecified atom stereocenters. The number of benzene rings is 1. The van der Waals surface area contributed by atoms with Gasteiger partial charge in [-0.15, -0.1) is 23.7 Å². The van der Waals surface area contributed by atoms with Gasteiger partial charge in [-0.25, -0.2) is 4.98 Å². The largest absolute Gasteiger partial charge is 0.383 e. The Balaban J connectivity index is 0.00000264. The van der Waals surface area contributed by atoms with Gasteiger partial charge in [0.2, 0.25) is 5.91 Å². The van der Waals surface area contributed by atoms with Crippen LogP contribution in [0.4, 0.5) is 5.13 Å². The molecule has 0 aliphatic heterocycles. The van der Waals surface area contributed by atoms with E-state index in [2.05, 4.69) is 43.7 Å². The quantitative estimate of drug-likeness (QED) is 0.644. The van der Waals surface area contributed by atoms with Gasteiger partial charge in [-0.2, -0.15) is 0 Å². The minimum atomic E-state index is -0.0977. The third-order valence-corrected chi connectivity index (χ3v) is 4.24. The lowest BCUT2D eigenvalue weighted by atomic mass is 10.1. The molecule has 2 aromatic rings. The first-order chi connectivity index (χ1) is 10.7. The second-order valence-electron chi connectivity index (χ2n) is 4.66. The lowest BCUT2D eigenvalue weighted by molar-refractivity contribution is -0.115. The molecule has 8 heteroatoms. The highest BCUT2D eigenvalue weighted by Crippen LogP contribution is 2.22. The van der Waals surface area contributed by atoms with Gasteiger partial charge in [0.15, 0.2) is 5.13 Å². The number of hydrogen-bond acceptors (Lipinski definition) is 5. The van der Waals surface area contributed by atoms with Crippen LogP contribution in [-0.4, -0.2) is 37.7 Å². The number of thiazole rings is 1. The third kappa shape index (κ3) is 7.41. The Morgan fingerprint density at radius 3 is 3.00 bits per heavy atom. The molecule has 126 valence electrons. The Morgan fingerprint density at radius 1 is 1.43 bits per heavy atom. The fourth-order valence-corrected chi connectivity index (χ4v) is 3.14. The molecule has 0 radical (unpaired) electrons. The predicted molar refractivity (Wildman–Crippen MR) is 99.7 cm³/mol. The Hall–Kier alpha value is -0.990. The molecule has 5 nitrogen and oxygen atoms in total. The molecule has 2 N–H and O–H groups in total. The minimum absolute atomic E-state index is 0. The molecule has 0 saturated carbocycles. The summed E-state index contributed by atoms with van der Waals surface area (Å²) in [5, 5.41) is 6.41. The number of ether oxygens (including phenoxy) is 1. The molecule has 23 heavy (non-hydrogen) atoms. The van der Waals surface area contributed by atoms with E-state index in [4.69, 9.17) is 4.74 Å². The molecule has 0 spiro atoms. The Labute approximate surface area is 154 Å². The highest BCUT2D eigenvalue weighted by Gasteiger charge is 2.07. The average Bonchev–Trinajstić information content (AvgIpc) is 2.91. The number of nitrogens with zero attached hydrogens (tertiary/aromatic N) is 1. The van der Waals surface area contributed by atoms with Gasteiger partial charge in [-0.1, -0.05) is 28.1 Å². The standard InChI is InChI=1S/C15H18BrN3O2S.ClH/c1-21-6-5-17-10-14(20)19-15-18-9-13(22-15)8-11-3-2-4-12(16)7-11;/h2-4,7,9,17H,5-6,8,10H2,1H3,(H,18,19,20);1H. The molecule has 1 amide bonds. The Morgan fingerprint density at radius 2 is 2.26 bits per heavy atom. The topological polar surface area (TPSA) is 63.2 Å². The van der Waals surface area contributed by atoms with Crippen LogP contribution in [0.1, 0.15) is 10.4 Å². The van der Waals surface area contributed by atoms with Crippen molar-refractivity contribution in [2.75, 3.05) is 32.1 Å². The minimum Gasteiger partial charge on any atom is -0.383 e. The summed E-state index contributed by atoms with van der Waals surface area (Å²) in [6.45, 7) is 1.49. The second-order valence-corrected chi connectivity index (χ2v) is 6.69. The summed E-state index contributed by atoms with van der Waals surface area (Å²) in [6, 6.07) is 8.16. The number of carbonyl (C=O) groups is 1. The number of carbonyl (C=O) groups excluding carboxylic acids is 1. The molecule has 2 rings (SSSR count). The van der Waals surface area contributed by atoms with Gasteiger partial charge in [0.05, 0.1) is 13.2 Å². The SMILES string of the molecule is COCCNCC(=O)Nc1ncc(Cc2cccc(Br)c2)s1.Cl. The Kier molecular flexibility index (Phi) is 9.35. The summed E-state index contributed by atoms with van der Waals surface area (Å²) in [7, 11) is 1.63. The van der Waals surface area contributed by atoms with Crippen LogP contribution >= 0.6 is 39.7 Å². The number of halogens is 2. The van der Waals surface area contributed by atoms with E-state index < -0.39 is 0 Å². The van der Waals surface area contributed by atoms with Crippen molar-refractivity contribution in [1.82, 2.24) is 10.3 Å². The first kappa shape index (κ1) is 20.1. The summed E-state index contributed by atoms with van der Waals surface area (Å²) < 4.78 is 5.96. The van der Waals surface area contributed by atoms with Crippen molar-refractivity contribution in [2.24, 2.45) is 0 Å². The van der Waals surface area contributed by atoms with Crippen LogP contribution in [-0.2, 0) is 16.0 Å². The lowest BCUT2D eigenvalue weighted by Crippen LogP contribution is -2.30. The molecule has 1 heterocycles. The van der Waals surface area contributed by atoms with Crippen LogP contribution < -0.4 is 10.6 Å². The molecule has 1 aromatic heterocycles. The molecule has 1 aromatic carbocycles. The van der Waals surface area contributed by atoms with E-state index in [0.717, 1.165) is 15.8 Å². The smallest absolute Gasteiger partial charge is 0.240 e. The van der Waals surface area contributed by atoms with E-state index in [0.29, 0.717) is 18.3 Å². The highest BCUT2D eigenvalue weighted by molar-refractivity contribution is 9.10. The summed E-state index contributed by atoms with van der Waals surface area (Å²) in [5.41, 5.74) is 1.21. The first-order valence-electron chi connectivity index (χ1n) is 6.86. The molecule has 0 atom stereocenters. The van der Waals surface area contributed by atoms with Crippen LogP contribution in [0.5, 0.6) is 0 Å². The van der Waals surface area contributed by atoms with Crippen molar-refractivity contribution >= 4 is 50.7 Å². The highest BCUT2D eigenvalue weighted by atomic mass is 79.9. The lowest BCUT2D eigenvalue weighted by Gasteiger charge is -2.03. The maximum absolute atomic E-state index is 11.7. The molecular weight excluding hydrogens is 402 g/mol. The maximum Gasteiger partial charge on any atom is 0.240 e. The summed E-state index contributed by atoms with van der Waals surface area (Å²) in [6.07, 6.45) is 2.61. The van der Waals surface area contributed by atoms with E-state index >= 15 is 0 Å². The zero-order valence-corrected chi connectivity index (χ0v) is 15.9. The molecule has 0 aliphatic rings. The monoisotopic (exact) mass is 419 g/mol. The van der Waals surface area contributed by atoms with E-state index in [9.17, 15) is 4.79 Å². The van der Waals surface area contributed by atoms with E-state index in [1.54, 1.807) is 13.3 Å². The van der Waals surface area contributed by atoms with Crippen molar-refractivity contribution in [1.29, 1.82) is 0 Å². The zero-order chi connectivity index (χ0) is 15.8. The van der Waals surface area contributed by atoms with Crippen molar-refractivity contribution in [2.45, 2.75) is 6.42 Å². The molecular formula is C15H19BrClN3O2S. The van der Waals surface area contributed by atoms with E-state index in [-0.39, 0.29) is 24.9 Å². The van der Waals surface area contributed by atoms with E-state index in [1.807, 2.05) is 12.1 Å². The van der Waals surface area contributed by atoms with Crippen LogP contribution in [0.2, 0.25) is 0 Å². The normalized spacial score (nSPS) is 10.2. The van der Waals surface area contributed by atoms with Crippen LogP contribution in [0.3, 0.4) is 0 Å². The molecule has 0 aliphatic carbocycles. The number of hydrogen-bond donors (Lipinski definition) is 2. The summed E-state index contributed by atoms with van der Waals surface area (Å²) in [5.74, 6) is -0.0977. The van der Waals surface area contributed by atoms with Crippen molar-refractivity contribution < 1.29 is 9.53 Å². The zero-order valence-electron chi connectivity index (χ0n) is 12.7. The Bertz CT molecular complexity index is 624. The third-order valence-electron chi connectivity index (χ3n) is 2.84. The van der Waals surface area contributed by atoms with Crippen molar-refractivity contribution in [3.63, 3.8) is 0 Å². The first-order valence-corrected chi connectivity index (χ1v) is 8.47. The average molecular weight is 421 g/mol. The van der Waals surface area contributed by atoms with Crippen molar-refractivity contribution in [3.8, 4) is 0 Å². The van der Waals surface area contributed by atoms with Gasteiger partial charge < -0.3 is 15.4 Å². The second kappa shape index (κ2) is 10.7. The number of anilines is 1. The number of methoxy groups -OCH3 is 1. The molecule has 0 bridgehead atoms. The van der Waals surface area contributed by atoms with Crippen molar-refractivity contribution in [3.05, 3.63) is 45.4 Å². The molecule has 0 saturated heterocycles. The van der Waals surface area contributed by atoms with Gasteiger partial charge in [0.25, 0.3) is 0 Å². The molecule has 0 fully saturated rings. The van der Waals surface area contributed by atoms with Gasteiger partial charge in [-0.3, -0.25) is 4.79 Å². The van der Waals surface area contributed by atoms with Gasteiger partial charge >= 0.3 is 0 Å². The number of rotatable bonds is 8. The van der Waals surface area contributed by atoms with Gasteiger partial charge in [0.1, 0.15) is 0 Å². The van der Waals surface area contributed by atoms with Gasteiger partial charge in [0, 0.05) is 35.6 Å². The fraction of sp³-hybridized carbons (Fsp3) is 0.333. The predicted octanol–water partition coefficient (Wildman–Crippen LogP) is 3.09. The summed E-state index contributed by atoms with van der Waals surface area (Å²) >= 11 is 4.96. The number of amides is 1. The van der Waals surface area contributed by atoms with Crippen LogP contribution in [0.15, 0.2) is 34.9 Å². The fourth-order valence-electron chi connectivity index (χ4n) is 1.83. The van der Waals surface area contributed by atoms with Crippen LogP contribution in [0.25, 0.3) is 0 Å². The van der Waals surface area contributed by atoms with Gasteiger partial charge in [-0.05, 0) is 17.7 Å². The maximum atomic E-state index is 11.7. The van der Waals surface area contributed by atoms with E-state index in [1.165, 1.54) is 16.9 Å².